The zero-order chi connectivity index (χ0) is 22.8. The third-order valence-electron chi connectivity index (χ3n) is 7.35. The summed E-state index contributed by atoms with van der Waals surface area (Å²) in [5.41, 5.74) is 3.04. The van der Waals surface area contributed by atoms with E-state index in [1.165, 1.54) is 5.56 Å². The third kappa shape index (κ3) is 4.51. The molecule has 0 bridgehead atoms. The van der Waals surface area contributed by atoms with Gasteiger partial charge >= 0.3 is 0 Å². The molecule has 2 heterocycles. The molecule has 1 saturated carbocycles. The Bertz CT molecular complexity index is 1050. The Labute approximate surface area is 196 Å². The molecule has 1 amide bonds. The van der Waals surface area contributed by atoms with E-state index in [2.05, 4.69) is 45.9 Å². The van der Waals surface area contributed by atoms with E-state index in [0.717, 1.165) is 62.2 Å². The number of methoxy groups -OCH3 is 1. The van der Waals surface area contributed by atoms with Crippen LogP contribution in [0.2, 0.25) is 0 Å². The fourth-order valence-electron chi connectivity index (χ4n) is 5.41. The number of hydrogen-bond donors (Lipinski definition) is 1. The van der Waals surface area contributed by atoms with Crippen LogP contribution in [-0.2, 0) is 4.79 Å². The molecule has 3 atom stereocenters. The summed E-state index contributed by atoms with van der Waals surface area (Å²) in [7, 11) is 1.66. The van der Waals surface area contributed by atoms with Crippen LogP contribution in [0.4, 0.5) is 0 Å². The van der Waals surface area contributed by atoms with Crippen LogP contribution in [0.25, 0.3) is 0 Å². The maximum absolute atomic E-state index is 12.8. The molecule has 5 nitrogen and oxygen atoms in total. The standard InChI is InChI=1S/C28H32N2O3/c1-33-26-7-3-2-6-21(26)11-8-20-9-12-22(13-10-20)27-24-18-29(28(32)23-14-15-23)16-4-5-17-30(24)25(27)19-31/h2-3,6-7,9-10,12-13,23-25,27,31H,4-5,14-19H2,1H3/t24-,25+,27+/m0/s1. The number of nitrogens with zero attached hydrogens (tertiary/aromatic N) is 2. The van der Waals surface area contributed by atoms with Gasteiger partial charge in [-0.25, -0.2) is 0 Å². The average Bonchev–Trinajstić information content (AvgIpc) is 3.68. The van der Waals surface area contributed by atoms with Gasteiger partial charge in [0.1, 0.15) is 5.75 Å². The second-order valence-corrected chi connectivity index (χ2v) is 9.42. The fourth-order valence-corrected chi connectivity index (χ4v) is 5.41. The third-order valence-corrected chi connectivity index (χ3v) is 7.35. The molecule has 33 heavy (non-hydrogen) atoms. The monoisotopic (exact) mass is 444 g/mol. The van der Waals surface area contributed by atoms with Gasteiger partial charge in [0.05, 0.1) is 19.3 Å². The molecule has 3 aliphatic rings. The highest BCUT2D eigenvalue weighted by atomic mass is 16.5. The number of amides is 1. The van der Waals surface area contributed by atoms with Crippen LogP contribution in [0.1, 0.15) is 48.3 Å². The Morgan fingerprint density at radius 3 is 2.55 bits per heavy atom. The summed E-state index contributed by atoms with van der Waals surface area (Å²) in [6.45, 7) is 2.78. The van der Waals surface area contributed by atoms with Gasteiger partial charge in [-0.15, -0.1) is 0 Å². The summed E-state index contributed by atoms with van der Waals surface area (Å²) in [6, 6.07) is 16.6. The molecule has 2 aromatic carbocycles. The Kier molecular flexibility index (Phi) is 6.39. The van der Waals surface area contributed by atoms with Gasteiger partial charge in [-0.3, -0.25) is 9.69 Å². The van der Waals surface area contributed by atoms with Crippen molar-refractivity contribution in [1.29, 1.82) is 0 Å². The molecule has 0 aromatic heterocycles. The van der Waals surface area contributed by atoms with Crippen molar-refractivity contribution in [2.24, 2.45) is 5.92 Å². The lowest BCUT2D eigenvalue weighted by Crippen LogP contribution is -2.68. The van der Waals surface area contributed by atoms with Crippen molar-refractivity contribution in [3.63, 3.8) is 0 Å². The number of aliphatic hydroxyl groups is 1. The summed E-state index contributed by atoms with van der Waals surface area (Å²) >= 11 is 0. The van der Waals surface area contributed by atoms with E-state index in [9.17, 15) is 9.90 Å². The quantitative estimate of drug-likeness (QED) is 0.736. The van der Waals surface area contributed by atoms with Gasteiger partial charge in [0.15, 0.2) is 0 Å². The first-order valence-corrected chi connectivity index (χ1v) is 12.1. The van der Waals surface area contributed by atoms with Crippen LogP contribution in [0, 0.1) is 17.8 Å². The normalized spacial score (nSPS) is 25.0. The smallest absolute Gasteiger partial charge is 0.225 e. The Hall–Kier alpha value is -2.81. The maximum atomic E-state index is 12.8. The molecule has 0 unspecified atom stereocenters. The van der Waals surface area contributed by atoms with Crippen LogP contribution in [0.5, 0.6) is 5.75 Å². The number of benzene rings is 2. The van der Waals surface area contributed by atoms with Crippen LogP contribution in [-0.4, -0.2) is 66.2 Å². The minimum atomic E-state index is 0.122. The minimum Gasteiger partial charge on any atom is -0.495 e. The number of para-hydroxylation sites is 1. The molecule has 2 saturated heterocycles. The number of ether oxygens (including phenoxy) is 1. The average molecular weight is 445 g/mol. The lowest BCUT2D eigenvalue weighted by molar-refractivity contribution is -0.137. The summed E-state index contributed by atoms with van der Waals surface area (Å²) < 4.78 is 5.39. The first kappa shape index (κ1) is 22.0. The van der Waals surface area contributed by atoms with Crippen LogP contribution in [0.15, 0.2) is 48.5 Å². The van der Waals surface area contributed by atoms with Crippen LogP contribution >= 0.6 is 0 Å². The Balaban J connectivity index is 1.34. The van der Waals surface area contributed by atoms with Crippen molar-refractivity contribution in [3.8, 4) is 17.6 Å². The van der Waals surface area contributed by atoms with Gasteiger partial charge in [0, 0.05) is 42.6 Å². The summed E-state index contributed by atoms with van der Waals surface area (Å²) in [5.74, 6) is 8.04. The Morgan fingerprint density at radius 2 is 1.82 bits per heavy atom. The highest BCUT2D eigenvalue weighted by Gasteiger charge is 2.50. The number of carbonyl (C=O) groups is 1. The zero-order valence-electron chi connectivity index (χ0n) is 19.2. The molecule has 2 aliphatic heterocycles. The number of rotatable bonds is 4. The molecule has 0 radical (unpaired) electrons. The molecular weight excluding hydrogens is 412 g/mol. The molecule has 0 spiro atoms. The van der Waals surface area contributed by atoms with Gasteiger partial charge < -0.3 is 14.7 Å². The number of fused-ring (bicyclic) bond motifs is 1. The number of hydrogen-bond acceptors (Lipinski definition) is 4. The van der Waals surface area contributed by atoms with E-state index in [1.807, 2.05) is 24.3 Å². The number of aliphatic hydroxyl groups excluding tert-OH is 1. The van der Waals surface area contributed by atoms with E-state index in [-0.39, 0.29) is 30.5 Å². The minimum absolute atomic E-state index is 0.122. The van der Waals surface area contributed by atoms with E-state index < -0.39 is 0 Å². The Morgan fingerprint density at radius 1 is 1.06 bits per heavy atom. The zero-order valence-corrected chi connectivity index (χ0v) is 19.2. The lowest BCUT2D eigenvalue weighted by atomic mass is 9.74. The van der Waals surface area contributed by atoms with Crippen LogP contribution < -0.4 is 4.74 Å². The van der Waals surface area contributed by atoms with Crippen LogP contribution in [0.3, 0.4) is 0 Å². The molecule has 2 aromatic rings. The van der Waals surface area contributed by atoms with Gasteiger partial charge in [0.2, 0.25) is 5.91 Å². The first-order chi connectivity index (χ1) is 16.2. The molecule has 172 valence electrons. The van der Waals surface area contributed by atoms with E-state index in [0.29, 0.717) is 5.91 Å². The van der Waals surface area contributed by atoms with Gasteiger partial charge in [0.25, 0.3) is 0 Å². The molecule has 5 heteroatoms. The predicted octanol–water partition coefficient (Wildman–Crippen LogP) is 3.26. The second kappa shape index (κ2) is 9.59. The molecule has 5 rings (SSSR count). The van der Waals surface area contributed by atoms with E-state index in [4.69, 9.17) is 4.74 Å². The largest absolute Gasteiger partial charge is 0.495 e. The van der Waals surface area contributed by atoms with E-state index >= 15 is 0 Å². The van der Waals surface area contributed by atoms with Crippen molar-refractivity contribution in [2.75, 3.05) is 33.4 Å². The lowest BCUT2D eigenvalue weighted by Gasteiger charge is -2.57. The topological polar surface area (TPSA) is 53.0 Å². The fraction of sp³-hybridized carbons (Fsp3) is 0.464. The number of carbonyl (C=O) groups excluding carboxylic acids is 1. The molecular formula is C28H32N2O3. The van der Waals surface area contributed by atoms with Crippen molar-refractivity contribution >= 4 is 5.91 Å². The van der Waals surface area contributed by atoms with Crippen molar-refractivity contribution in [2.45, 2.75) is 43.7 Å². The van der Waals surface area contributed by atoms with Gasteiger partial charge in [-0.2, -0.15) is 0 Å². The first-order valence-electron chi connectivity index (χ1n) is 12.1. The summed E-state index contributed by atoms with van der Waals surface area (Å²) in [4.78, 5) is 17.3. The van der Waals surface area contributed by atoms with Gasteiger partial charge in [-0.05, 0) is 62.1 Å². The van der Waals surface area contributed by atoms with E-state index in [1.54, 1.807) is 7.11 Å². The highest BCUT2D eigenvalue weighted by molar-refractivity contribution is 5.81. The summed E-state index contributed by atoms with van der Waals surface area (Å²) in [6.07, 6.45) is 4.21. The van der Waals surface area contributed by atoms with Crippen molar-refractivity contribution < 1.29 is 14.6 Å². The van der Waals surface area contributed by atoms with Gasteiger partial charge in [-0.1, -0.05) is 36.1 Å². The van der Waals surface area contributed by atoms with Crippen molar-refractivity contribution in [3.05, 3.63) is 65.2 Å². The van der Waals surface area contributed by atoms with Crippen molar-refractivity contribution in [1.82, 2.24) is 9.80 Å². The second-order valence-electron chi connectivity index (χ2n) is 9.42. The maximum Gasteiger partial charge on any atom is 0.225 e. The highest BCUT2D eigenvalue weighted by Crippen LogP contribution is 2.42. The molecule has 1 N–H and O–H groups in total. The predicted molar refractivity (Wildman–Crippen MR) is 128 cm³/mol. The molecule has 1 aliphatic carbocycles. The molecule has 3 fully saturated rings. The summed E-state index contributed by atoms with van der Waals surface area (Å²) in [5, 5.41) is 10.1. The SMILES string of the molecule is COc1ccccc1C#Cc1ccc([C@H]2[C@@H](CO)N3CCCCN(C(=O)C4CC4)C[C@@H]23)cc1.